The van der Waals surface area contributed by atoms with Gasteiger partial charge in [-0.25, -0.2) is 4.99 Å². The summed E-state index contributed by atoms with van der Waals surface area (Å²) in [4.78, 5) is 22.7. The number of piperidine rings is 1. The molecule has 2 fully saturated rings. The van der Waals surface area contributed by atoms with Crippen LogP contribution in [0.25, 0.3) is 0 Å². The number of hydrogen-bond donors (Lipinski definition) is 2. The lowest BCUT2D eigenvalue weighted by Crippen LogP contribution is -2.53. The monoisotopic (exact) mass is 529 g/mol. The number of hydrogen-bond acceptors (Lipinski definition) is 4. The molecule has 0 spiro atoms. The van der Waals surface area contributed by atoms with Crippen LogP contribution in [0.15, 0.2) is 41.4 Å². The number of nitrogens with zero attached hydrogens (tertiary/aromatic N) is 3. The Bertz CT molecular complexity index is 1080. The standard InChI is InChI=1S/C28H37Cl2N5O/c1-20-16-24(32-28(36)11-7-22-6-8-23(29)17-25(22)30)9-10-26(20)33-27(19-34-13-4-3-5-14-34)35-15-12-31-21(2)18-35/h6,8-10,16-17,21,31H,3-5,7,11-15,18-19H2,1-2H3,(H,32,36)/t21-/m0/s1. The third kappa shape index (κ3) is 7.69. The molecule has 2 aliphatic rings. The molecular formula is C28H37Cl2N5O. The Balaban J connectivity index is 1.43. The van der Waals surface area contributed by atoms with Gasteiger partial charge in [-0.3, -0.25) is 9.69 Å². The maximum atomic E-state index is 12.6. The molecule has 1 atom stereocenters. The van der Waals surface area contributed by atoms with Gasteiger partial charge in [0.15, 0.2) is 0 Å². The van der Waals surface area contributed by atoms with Crippen molar-refractivity contribution in [3.05, 3.63) is 57.6 Å². The molecule has 6 nitrogen and oxygen atoms in total. The molecule has 2 aromatic carbocycles. The van der Waals surface area contributed by atoms with Gasteiger partial charge in [-0.2, -0.15) is 0 Å². The minimum Gasteiger partial charge on any atom is -0.356 e. The SMILES string of the molecule is Cc1cc(NC(=O)CCc2ccc(Cl)cc2Cl)ccc1N=C(CN1CCCCC1)N1CCN[C@@H](C)C1. The fraction of sp³-hybridized carbons (Fsp3) is 0.500. The van der Waals surface area contributed by atoms with Crippen LogP contribution in [-0.4, -0.2) is 66.9 Å². The molecule has 0 aliphatic carbocycles. The Hall–Kier alpha value is -2.12. The van der Waals surface area contributed by atoms with E-state index < -0.39 is 0 Å². The minimum atomic E-state index is -0.0442. The first-order chi connectivity index (χ1) is 17.4. The zero-order chi connectivity index (χ0) is 25.5. The third-order valence-corrected chi connectivity index (χ3v) is 7.50. The molecule has 8 heteroatoms. The molecule has 0 bridgehead atoms. The molecule has 0 radical (unpaired) electrons. The van der Waals surface area contributed by atoms with E-state index in [1.807, 2.05) is 24.3 Å². The number of aliphatic imine (C=N–C) groups is 1. The summed E-state index contributed by atoms with van der Waals surface area (Å²) >= 11 is 12.2. The highest BCUT2D eigenvalue weighted by atomic mass is 35.5. The van der Waals surface area contributed by atoms with Gasteiger partial charge in [0.2, 0.25) is 5.91 Å². The van der Waals surface area contributed by atoms with Crippen LogP contribution in [-0.2, 0) is 11.2 Å². The van der Waals surface area contributed by atoms with Gasteiger partial charge in [0, 0.05) is 47.8 Å². The first-order valence-corrected chi connectivity index (χ1v) is 13.8. The number of aryl methyl sites for hydroxylation is 2. The number of halogens is 2. The molecule has 0 saturated carbocycles. The molecule has 2 saturated heterocycles. The number of benzene rings is 2. The molecule has 2 aliphatic heterocycles. The first kappa shape index (κ1) is 26.9. The van der Waals surface area contributed by atoms with E-state index in [2.05, 4.69) is 34.3 Å². The second-order valence-electron chi connectivity index (χ2n) is 9.95. The van der Waals surface area contributed by atoms with Crippen molar-refractivity contribution in [1.82, 2.24) is 15.1 Å². The smallest absolute Gasteiger partial charge is 0.224 e. The van der Waals surface area contributed by atoms with Crippen LogP contribution in [0.2, 0.25) is 10.0 Å². The van der Waals surface area contributed by atoms with Gasteiger partial charge >= 0.3 is 0 Å². The normalized spacial score (nSPS) is 19.4. The molecule has 194 valence electrons. The van der Waals surface area contributed by atoms with Gasteiger partial charge in [0.25, 0.3) is 0 Å². The van der Waals surface area contributed by atoms with E-state index in [0.717, 1.165) is 67.6 Å². The van der Waals surface area contributed by atoms with E-state index in [0.29, 0.717) is 28.9 Å². The summed E-state index contributed by atoms with van der Waals surface area (Å²) in [5.74, 6) is 1.10. The Morgan fingerprint density at radius 1 is 1.11 bits per heavy atom. The van der Waals surface area contributed by atoms with Crippen molar-refractivity contribution in [2.24, 2.45) is 4.99 Å². The number of carbonyl (C=O) groups is 1. The minimum absolute atomic E-state index is 0.0442. The number of nitrogens with one attached hydrogen (secondary N) is 2. The first-order valence-electron chi connectivity index (χ1n) is 13.0. The van der Waals surface area contributed by atoms with Crippen molar-refractivity contribution < 1.29 is 4.79 Å². The predicted octanol–water partition coefficient (Wildman–Crippen LogP) is 5.68. The topological polar surface area (TPSA) is 60.0 Å². The molecule has 36 heavy (non-hydrogen) atoms. The molecule has 4 rings (SSSR count). The third-order valence-electron chi connectivity index (χ3n) is 6.91. The summed E-state index contributed by atoms with van der Waals surface area (Å²) in [7, 11) is 0. The summed E-state index contributed by atoms with van der Waals surface area (Å²) in [6.07, 6.45) is 4.77. The van der Waals surface area contributed by atoms with E-state index in [1.54, 1.807) is 12.1 Å². The van der Waals surface area contributed by atoms with Crippen LogP contribution in [0.3, 0.4) is 0 Å². The zero-order valence-electron chi connectivity index (χ0n) is 21.3. The average molecular weight is 531 g/mol. The van der Waals surface area contributed by atoms with Crippen LogP contribution in [0.4, 0.5) is 11.4 Å². The molecule has 0 unspecified atom stereocenters. The lowest BCUT2D eigenvalue weighted by molar-refractivity contribution is -0.116. The van der Waals surface area contributed by atoms with Crippen molar-refractivity contribution in [2.75, 3.05) is 44.6 Å². The molecular weight excluding hydrogens is 493 g/mol. The Morgan fingerprint density at radius 3 is 2.64 bits per heavy atom. The van der Waals surface area contributed by atoms with Crippen molar-refractivity contribution in [1.29, 1.82) is 0 Å². The molecule has 1 amide bonds. The van der Waals surface area contributed by atoms with Gasteiger partial charge < -0.3 is 15.5 Å². The number of piperazine rings is 1. The predicted molar refractivity (Wildman–Crippen MR) is 151 cm³/mol. The number of likely N-dealkylation sites (tertiary alicyclic amines) is 1. The van der Waals surface area contributed by atoms with Crippen LogP contribution < -0.4 is 10.6 Å². The lowest BCUT2D eigenvalue weighted by Gasteiger charge is -2.37. The summed E-state index contributed by atoms with van der Waals surface area (Å²) in [6, 6.07) is 11.8. The van der Waals surface area contributed by atoms with Crippen LogP contribution >= 0.6 is 23.2 Å². The summed E-state index contributed by atoms with van der Waals surface area (Å²) in [5, 5.41) is 7.73. The number of anilines is 1. The second-order valence-corrected chi connectivity index (χ2v) is 10.8. The Morgan fingerprint density at radius 2 is 1.92 bits per heavy atom. The molecule has 2 aromatic rings. The van der Waals surface area contributed by atoms with Gasteiger partial charge in [0.1, 0.15) is 5.84 Å². The van der Waals surface area contributed by atoms with E-state index in [1.165, 1.54) is 19.3 Å². The molecule has 0 aromatic heterocycles. The van der Waals surface area contributed by atoms with Gasteiger partial charge in [0.05, 0.1) is 12.2 Å². The molecule has 2 heterocycles. The Labute approximate surface area is 225 Å². The summed E-state index contributed by atoms with van der Waals surface area (Å²) in [6.45, 7) is 10.4. The van der Waals surface area contributed by atoms with Gasteiger partial charge in [-0.05, 0) is 87.7 Å². The highest BCUT2D eigenvalue weighted by molar-refractivity contribution is 6.35. The van der Waals surface area contributed by atoms with Crippen LogP contribution in [0, 0.1) is 6.92 Å². The highest BCUT2D eigenvalue weighted by Crippen LogP contribution is 2.25. The lowest BCUT2D eigenvalue weighted by atomic mass is 10.1. The fourth-order valence-corrected chi connectivity index (χ4v) is 5.39. The number of rotatable bonds is 7. The molecule has 2 N–H and O–H groups in total. The summed E-state index contributed by atoms with van der Waals surface area (Å²) < 4.78 is 0. The largest absolute Gasteiger partial charge is 0.356 e. The quantitative estimate of drug-likeness (QED) is 0.357. The number of carbonyl (C=O) groups excluding carboxylic acids is 1. The van der Waals surface area contributed by atoms with Crippen LogP contribution in [0.5, 0.6) is 0 Å². The van der Waals surface area contributed by atoms with E-state index >= 15 is 0 Å². The maximum Gasteiger partial charge on any atom is 0.224 e. The highest BCUT2D eigenvalue weighted by Gasteiger charge is 2.22. The van der Waals surface area contributed by atoms with E-state index in [9.17, 15) is 4.79 Å². The number of amidine groups is 1. The van der Waals surface area contributed by atoms with Crippen molar-refractivity contribution in [2.45, 2.75) is 52.0 Å². The van der Waals surface area contributed by atoms with Crippen molar-refractivity contribution in [3.8, 4) is 0 Å². The fourth-order valence-electron chi connectivity index (χ4n) is 4.88. The second kappa shape index (κ2) is 12.9. The van der Waals surface area contributed by atoms with E-state index in [4.69, 9.17) is 28.2 Å². The van der Waals surface area contributed by atoms with Gasteiger partial charge in [-0.15, -0.1) is 0 Å². The van der Waals surface area contributed by atoms with Gasteiger partial charge in [-0.1, -0.05) is 35.7 Å². The average Bonchev–Trinajstić information content (AvgIpc) is 2.85. The Kier molecular flexibility index (Phi) is 9.66. The number of amides is 1. The van der Waals surface area contributed by atoms with Crippen molar-refractivity contribution in [3.63, 3.8) is 0 Å². The van der Waals surface area contributed by atoms with Crippen molar-refractivity contribution >= 4 is 46.3 Å². The van der Waals surface area contributed by atoms with Crippen LogP contribution in [0.1, 0.15) is 43.7 Å². The maximum absolute atomic E-state index is 12.6. The summed E-state index contributed by atoms with van der Waals surface area (Å²) in [5.41, 5.74) is 3.71. The van der Waals surface area contributed by atoms with E-state index in [-0.39, 0.29) is 5.91 Å². The zero-order valence-corrected chi connectivity index (χ0v) is 22.8.